The van der Waals surface area contributed by atoms with E-state index in [4.69, 9.17) is 11.8 Å². The van der Waals surface area contributed by atoms with Crippen LogP contribution in [0.4, 0.5) is 5.69 Å². The van der Waals surface area contributed by atoms with Crippen molar-refractivity contribution in [3.8, 4) is 6.07 Å². The van der Waals surface area contributed by atoms with Crippen LogP contribution in [0.3, 0.4) is 0 Å². The third-order valence-electron chi connectivity index (χ3n) is 4.24. The summed E-state index contributed by atoms with van der Waals surface area (Å²) in [7, 11) is 0. The highest BCUT2D eigenvalue weighted by Gasteiger charge is 2.51. The lowest BCUT2D eigenvalue weighted by Gasteiger charge is -2.24. The van der Waals surface area contributed by atoms with E-state index in [1.54, 1.807) is 12.1 Å². The molecule has 5 nitrogen and oxygen atoms in total. The van der Waals surface area contributed by atoms with Gasteiger partial charge in [-0.1, -0.05) is 6.07 Å². The number of benzene rings is 1. The smallest absolute Gasteiger partial charge is 0.254 e. The lowest BCUT2D eigenvalue weighted by atomic mass is 9.92. The molecule has 2 aliphatic rings. The van der Waals surface area contributed by atoms with Gasteiger partial charge in [-0.05, 0) is 43.4 Å². The SMILES string of the molecule is [C-]#[N+]c1cc(C#N)ccc1C1=C(O)C(C)(C2CC2)NC1=O. The van der Waals surface area contributed by atoms with Crippen LogP contribution in [0.2, 0.25) is 0 Å². The predicted octanol–water partition coefficient (Wildman–Crippen LogP) is 2.68. The van der Waals surface area contributed by atoms with Crippen molar-refractivity contribution in [3.63, 3.8) is 0 Å². The first-order valence-corrected chi connectivity index (χ1v) is 6.69. The van der Waals surface area contributed by atoms with Crippen LogP contribution >= 0.6 is 0 Å². The third-order valence-corrected chi connectivity index (χ3v) is 4.24. The topological polar surface area (TPSA) is 77.5 Å². The van der Waals surface area contributed by atoms with E-state index in [0.717, 1.165) is 12.8 Å². The molecule has 1 saturated carbocycles. The summed E-state index contributed by atoms with van der Waals surface area (Å²) in [5.74, 6) is -0.116. The molecule has 3 rings (SSSR count). The number of carbonyl (C=O) groups is 1. The number of hydrogen-bond acceptors (Lipinski definition) is 3. The Kier molecular flexibility index (Phi) is 2.74. The Hall–Kier alpha value is -2.79. The van der Waals surface area contributed by atoms with Gasteiger partial charge in [0.1, 0.15) is 5.76 Å². The number of amides is 1. The predicted molar refractivity (Wildman–Crippen MR) is 76.2 cm³/mol. The molecule has 2 N–H and O–H groups in total. The molecule has 1 aromatic carbocycles. The van der Waals surface area contributed by atoms with Gasteiger partial charge in [-0.3, -0.25) is 4.79 Å². The second-order valence-corrected chi connectivity index (χ2v) is 5.61. The van der Waals surface area contributed by atoms with E-state index in [9.17, 15) is 9.90 Å². The zero-order chi connectivity index (χ0) is 15.2. The molecule has 5 heteroatoms. The van der Waals surface area contributed by atoms with E-state index in [0.29, 0.717) is 11.1 Å². The van der Waals surface area contributed by atoms with Gasteiger partial charge < -0.3 is 10.4 Å². The van der Waals surface area contributed by atoms with Gasteiger partial charge in [-0.15, -0.1) is 0 Å². The number of rotatable bonds is 2. The molecule has 1 atom stereocenters. The molecule has 0 saturated heterocycles. The van der Waals surface area contributed by atoms with Gasteiger partial charge in [0.25, 0.3) is 5.91 Å². The van der Waals surface area contributed by atoms with Crippen molar-refractivity contribution >= 4 is 17.2 Å². The fourth-order valence-corrected chi connectivity index (χ4v) is 2.84. The summed E-state index contributed by atoms with van der Waals surface area (Å²) in [6.07, 6.45) is 1.94. The molecule has 0 aromatic heterocycles. The van der Waals surface area contributed by atoms with Crippen LogP contribution in [0.15, 0.2) is 24.0 Å². The van der Waals surface area contributed by atoms with Crippen molar-refractivity contribution in [2.45, 2.75) is 25.3 Å². The Morgan fingerprint density at radius 3 is 2.81 bits per heavy atom. The van der Waals surface area contributed by atoms with E-state index in [-0.39, 0.29) is 28.8 Å². The van der Waals surface area contributed by atoms with Crippen LogP contribution in [0.1, 0.15) is 30.9 Å². The Morgan fingerprint density at radius 2 is 2.24 bits per heavy atom. The fraction of sp³-hybridized carbons (Fsp3) is 0.312. The summed E-state index contributed by atoms with van der Waals surface area (Å²) in [4.78, 5) is 15.6. The van der Waals surface area contributed by atoms with Gasteiger partial charge in [-0.2, -0.15) is 5.26 Å². The first-order chi connectivity index (χ1) is 10.0. The van der Waals surface area contributed by atoms with Crippen LogP contribution in [0.25, 0.3) is 10.4 Å². The van der Waals surface area contributed by atoms with Crippen molar-refractivity contribution in [2.24, 2.45) is 5.92 Å². The van der Waals surface area contributed by atoms with Crippen LogP contribution < -0.4 is 5.32 Å². The number of nitrogens with zero attached hydrogens (tertiary/aromatic N) is 2. The zero-order valence-electron chi connectivity index (χ0n) is 11.5. The van der Waals surface area contributed by atoms with E-state index in [1.165, 1.54) is 6.07 Å². The normalized spacial score (nSPS) is 24.4. The minimum atomic E-state index is -0.736. The molecular formula is C16H13N3O2. The average Bonchev–Trinajstić information content (AvgIpc) is 3.29. The third kappa shape index (κ3) is 1.86. The van der Waals surface area contributed by atoms with Crippen molar-refractivity contribution in [1.82, 2.24) is 5.32 Å². The number of nitrogens with one attached hydrogen (secondary N) is 1. The highest BCUT2D eigenvalue weighted by Crippen LogP contribution is 2.48. The molecule has 104 valence electrons. The van der Waals surface area contributed by atoms with Gasteiger partial charge in [-0.25, -0.2) is 4.85 Å². The number of nitriles is 1. The molecule has 1 aliphatic heterocycles. The Balaban J connectivity index is 2.16. The largest absolute Gasteiger partial charge is 0.509 e. The maximum atomic E-state index is 12.3. The van der Waals surface area contributed by atoms with E-state index < -0.39 is 5.54 Å². The van der Waals surface area contributed by atoms with Gasteiger partial charge in [0.15, 0.2) is 5.69 Å². The molecule has 0 radical (unpaired) electrons. The van der Waals surface area contributed by atoms with Crippen molar-refractivity contribution in [1.29, 1.82) is 5.26 Å². The molecule has 1 heterocycles. The summed E-state index contributed by atoms with van der Waals surface area (Å²) in [5.41, 5.74) is 0.349. The van der Waals surface area contributed by atoms with Crippen molar-refractivity contribution in [2.75, 3.05) is 0 Å². The maximum Gasteiger partial charge on any atom is 0.254 e. The zero-order valence-corrected chi connectivity index (χ0v) is 11.5. The molecule has 1 fully saturated rings. The van der Waals surface area contributed by atoms with E-state index in [2.05, 4.69) is 10.2 Å². The van der Waals surface area contributed by atoms with Gasteiger partial charge in [0, 0.05) is 5.56 Å². The van der Waals surface area contributed by atoms with E-state index >= 15 is 0 Å². The first-order valence-electron chi connectivity index (χ1n) is 6.69. The molecule has 1 aliphatic carbocycles. The molecular weight excluding hydrogens is 266 g/mol. The average molecular weight is 279 g/mol. The molecule has 1 unspecified atom stereocenters. The number of aliphatic hydroxyl groups is 1. The quantitative estimate of drug-likeness (QED) is 0.817. The summed E-state index contributed by atoms with van der Waals surface area (Å²) in [5, 5.41) is 22.2. The Morgan fingerprint density at radius 1 is 1.52 bits per heavy atom. The Labute approximate surface area is 122 Å². The second-order valence-electron chi connectivity index (χ2n) is 5.61. The van der Waals surface area contributed by atoms with Crippen molar-refractivity contribution < 1.29 is 9.90 Å². The lowest BCUT2D eigenvalue weighted by Crippen LogP contribution is -2.43. The standard InChI is InChI=1S/C16H13N3O2/c1-16(10-4-5-10)14(20)13(15(21)19-16)11-6-3-9(8-17)7-12(11)18-2/h3,6-7,10,20H,4-5H2,1H3,(H,19,21). The van der Waals surface area contributed by atoms with Gasteiger partial charge in [0.05, 0.1) is 23.8 Å². The summed E-state index contributed by atoms with van der Waals surface area (Å²) in [6, 6.07) is 6.49. The summed E-state index contributed by atoms with van der Waals surface area (Å²) < 4.78 is 0. The maximum absolute atomic E-state index is 12.3. The monoisotopic (exact) mass is 279 g/mol. The molecule has 0 spiro atoms. The fourth-order valence-electron chi connectivity index (χ4n) is 2.84. The summed E-state index contributed by atoms with van der Waals surface area (Å²) in [6.45, 7) is 9.04. The highest BCUT2D eigenvalue weighted by atomic mass is 16.3. The van der Waals surface area contributed by atoms with E-state index in [1.807, 2.05) is 13.0 Å². The van der Waals surface area contributed by atoms with Crippen molar-refractivity contribution in [3.05, 3.63) is 46.5 Å². The minimum Gasteiger partial charge on any atom is -0.509 e. The number of carbonyl (C=O) groups excluding carboxylic acids is 1. The second kappa shape index (κ2) is 4.36. The molecule has 21 heavy (non-hydrogen) atoms. The first kappa shape index (κ1) is 13.2. The van der Waals surface area contributed by atoms with Crippen LogP contribution in [-0.2, 0) is 4.79 Å². The summed E-state index contributed by atoms with van der Waals surface area (Å²) >= 11 is 0. The lowest BCUT2D eigenvalue weighted by molar-refractivity contribution is -0.116. The number of hydrogen-bond donors (Lipinski definition) is 2. The highest BCUT2D eigenvalue weighted by molar-refractivity contribution is 6.24. The van der Waals surface area contributed by atoms with Gasteiger partial charge >= 0.3 is 0 Å². The van der Waals surface area contributed by atoms with Gasteiger partial charge in [0.2, 0.25) is 0 Å². The number of aliphatic hydroxyl groups excluding tert-OH is 1. The minimum absolute atomic E-state index is 0.00427. The molecule has 1 amide bonds. The Bertz CT molecular complexity index is 763. The van der Waals surface area contributed by atoms with Crippen LogP contribution in [0.5, 0.6) is 0 Å². The molecule has 1 aromatic rings. The van der Waals surface area contributed by atoms with Crippen LogP contribution in [0, 0.1) is 23.8 Å². The van der Waals surface area contributed by atoms with Crippen LogP contribution in [-0.4, -0.2) is 16.6 Å². The molecule has 0 bridgehead atoms.